The standard InChI is InChI=1S/2C6H15O.BF4.BH4.Na.H/c2*1-4-7(5-2)6-3;2-1(3,4)5;;;/h2*4-6H2,1-3H3;;1H4;;/q2*+1;2*-1;+1;-1. The van der Waals surface area contributed by atoms with Crippen molar-refractivity contribution in [1.29, 1.82) is 0 Å². The summed E-state index contributed by atoms with van der Waals surface area (Å²) in [6, 6.07) is 0. The van der Waals surface area contributed by atoms with Gasteiger partial charge in [0, 0.05) is 41.5 Å². The van der Waals surface area contributed by atoms with Crippen molar-refractivity contribution in [2.24, 2.45) is 0 Å². The molecule has 21 heavy (non-hydrogen) atoms. The predicted molar refractivity (Wildman–Crippen MR) is 88.0 cm³/mol. The van der Waals surface area contributed by atoms with Gasteiger partial charge in [-0.25, -0.2) is 0 Å². The van der Waals surface area contributed by atoms with Gasteiger partial charge < -0.3 is 27.4 Å². The number of halogens is 4. The van der Waals surface area contributed by atoms with Gasteiger partial charge in [0.25, 0.3) is 0 Å². The van der Waals surface area contributed by atoms with Crippen molar-refractivity contribution in [2.45, 2.75) is 41.5 Å². The van der Waals surface area contributed by atoms with Crippen LogP contribution >= 0.6 is 0 Å². The molecule has 0 N–H and O–H groups in total. The van der Waals surface area contributed by atoms with Crippen molar-refractivity contribution >= 4 is 15.7 Å². The molecule has 0 radical (unpaired) electrons. The Kier molecular flexibility index (Phi) is 36.6. The second kappa shape index (κ2) is 23.0. The summed E-state index contributed by atoms with van der Waals surface area (Å²) in [6.45, 7) is 19.5. The second-order valence-electron chi connectivity index (χ2n) is 3.45. The van der Waals surface area contributed by atoms with Gasteiger partial charge in [-0.05, 0) is 0 Å². The van der Waals surface area contributed by atoms with Gasteiger partial charge in [0.1, 0.15) is 39.6 Å². The first kappa shape index (κ1) is 33.4. The summed E-state index contributed by atoms with van der Waals surface area (Å²) >= 11 is 0. The zero-order valence-corrected chi connectivity index (χ0v) is 16.1. The fourth-order valence-corrected chi connectivity index (χ4v) is 1.22. The van der Waals surface area contributed by atoms with Gasteiger partial charge in [0.15, 0.2) is 0 Å². The average Bonchev–Trinajstić information content (AvgIpc) is 2.32. The molecule has 0 heterocycles. The minimum absolute atomic E-state index is 0. The molecule has 0 atom stereocenters. The molecule has 9 heteroatoms. The molecule has 0 saturated heterocycles. The molecule has 0 fully saturated rings. The molecule has 0 aromatic heterocycles. The summed E-state index contributed by atoms with van der Waals surface area (Å²) in [7, 11) is -6.00. The summed E-state index contributed by atoms with van der Waals surface area (Å²) in [4.78, 5) is 0. The number of hydrogen-bond acceptors (Lipinski definition) is 0. The van der Waals surface area contributed by atoms with E-state index in [0.717, 1.165) is 39.6 Å². The van der Waals surface area contributed by atoms with E-state index in [2.05, 4.69) is 50.3 Å². The second-order valence-corrected chi connectivity index (χ2v) is 3.45. The van der Waals surface area contributed by atoms with Gasteiger partial charge in [-0.15, -0.1) is 0 Å². The van der Waals surface area contributed by atoms with Crippen LogP contribution in [0.4, 0.5) is 17.3 Å². The minimum Gasteiger partial charge on any atom is -1.00 e. The molecule has 0 unspecified atom stereocenters. The molecule has 0 aliphatic heterocycles. The third kappa shape index (κ3) is 44.9. The van der Waals surface area contributed by atoms with Crippen LogP contribution in [0.2, 0.25) is 0 Å². The molecule has 0 aliphatic rings. The van der Waals surface area contributed by atoms with E-state index in [-0.39, 0.29) is 39.4 Å². The van der Waals surface area contributed by atoms with Gasteiger partial charge in [-0.2, -0.15) is 0 Å². The molecule has 130 valence electrons. The van der Waals surface area contributed by atoms with Crippen molar-refractivity contribution < 1.29 is 57.0 Å². The van der Waals surface area contributed by atoms with Crippen molar-refractivity contribution in [2.75, 3.05) is 39.6 Å². The summed E-state index contributed by atoms with van der Waals surface area (Å²) in [5.74, 6) is 0. The van der Waals surface area contributed by atoms with E-state index in [0.29, 0.717) is 0 Å². The van der Waals surface area contributed by atoms with Gasteiger partial charge >= 0.3 is 36.8 Å². The summed E-state index contributed by atoms with van der Waals surface area (Å²) in [5, 5.41) is 0. The van der Waals surface area contributed by atoms with E-state index < -0.39 is 7.25 Å². The molecule has 0 bridgehead atoms. The smallest absolute Gasteiger partial charge is 1.00 e. The Bertz CT molecular complexity index is 147. The average molecular weight is 332 g/mol. The van der Waals surface area contributed by atoms with Crippen LogP contribution in [0.15, 0.2) is 0 Å². The maximum Gasteiger partial charge on any atom is 1.00 e. The third-order valence-corrected chi connectivity index (χ3v) is 2.45. The molecule has 0 aromatic carbocycles. The molecular formula is C12H35B2F4NaO2. The van der Waals surface area contributed by atoms with E-state index >= 15 is 0 Å². The maximum atomic E-state index is 9.75. The van der Waals surface area contributed by atoms with Crippen molar-refractivity contribution in [3.05, 3.63) is 0 Å². The van der Waals surface area contributed by atoms with Gasteiger partial charge in [0.2, 0.25) is 0 Å². The van der Waals surface area contributed by atoms with Gasteiger partial charge in [-0.1, -0.05) is 8.41 Å². The predicted octanol–water partition coefficient (Wildman–Crippen LogP) is 0.162. The Balaban J connectivity index is -0.0000000414. The van der Waals surface area contributed by atoms with Crippen LogP contribution in [0.1, 0.15) is 43.0 Å². The largest absolute Gasteiger partial charge is 1.00 e. The topological polar surface area (TPSA) is 5.40 Å². The molecular weight excluding hydrogens is 297 g/mol. The van der Waals surface area contributed by atoms with Crippen LogP contribution in [0.25, 0.3) is 0 Å². The summed E-state index contributed by atoms with van der Waals surface area (Å²) in [5.41, 5.74) is 0. The molecule has 0 aromatic rings. The zero-order chi connectivity index (χ0) is 15.9. The van der Waals surface area contributed by atoms with Crippen LogP contribution in [-0.2, 0) is 8.73 Å². The monoisotopic (exact) mass is 332 g/mol. The fourth-order valence-electron chi connectivity index (χ4n) is 1.22. The Labute approximate surface area is 153 Å². The molecule has 0 aliphatic carbocycles. The van der Waals surface area contributed by atoms with Gasteiger partial charge in [0.05, 0.1) is 0 Å². The SMILES string of the molecule is CC[O+](CC)CC.CC[O+](CC)CC.F[B-](F)(F)F.[BH4-].[H-].[Na+]. The van der Waals surface area contributed by atoms with Gasteiger partial charge in [-0.3, -0.25) is 0 Å². The Morgan fingerprint density at radius 3 is 0.714 bits per heavy atom. The zero-order valence-electron chi connectivity index (χ0n) is 15.1. The third-order valence-electron chi connectivity index (χ3n) is 2.45. The fraction of sp³-hybridized carbons (Fsp3) is 1.00. The van der Waals surface area contributed by atoms with Crippen molar-refractivity contribution in [1.82, 2.24) is 0 Å². The van der Waals surface area contributed by atoms with Crippen LogP contribution in [0.3, 0.4) is 0 Å². The Hall–Kier alpha value is 0.770. The van der Waals surface area contributed by atoms with E-state index in [9.17, 15) is 17.3 Å². The Morgan fingerprint density at radius 1 is 0.619 bits per heavy atom. The van der Waals surface area contributed by atoms with E-state index in [1.54, 1.807) is 0 Å². The molecule has 0 saturated carbocycles. The first-order valence-electron chi connectivity index (χ1n) is 6.85. The maximum absolute atomic E-state index is 9.75. The van der Waals surface area contributed by atoms with Crippen LogP contribution in [0, 0.1) is 0 Å². The van der Waals surface area contributed by atoms with Crippen LogP contribution < -0.4 is 29.6 Å². The number of rotatable bonds is 6. The van der Waals surface area contributed by atoms with E-state index in [1.165, 1.54) is 0 Å². The minimum atomic E-state index is -6.00. The van der Waals surface area contributed by atoms with E-state index in [1.807, 2.05) is 0 Å². The van der Waals surface area contributed by atoms with Crippen LogP contribution in [0.5, 0.6) is 0 Å². The molecule has 0 rings (SSSR count). The molecule has 0 amide bonds. The molecule has 2 nitrogen and oxygen atoms in total. The quantitative estimate of drug-likeness (QED) is 0.371. The van der Waals surface area contributed by atoms with Crippen molar-refractivity contribution in [3.8, 4) is 0 Å². The Morgan fingerprint density at radius 2 is 0.714 bits per heavy atom. The number of hydrogen-bond donors (Lipinski definition) is 0. The normalized spacial score (nSPS) is 9.71. The molecule has 0 spiro atoms. The first-order chi connectivity index (χ1) is 8.69. The summed E-state index contributed by atoms with van der Waals surface area (Å²) in [6.07, 6.45) is 0. The van der Waals surface area contributed by atoms with Crippen LogP contribution in [-0.4, -0.2) is 55.3 Å². The summed E-state index contributed by atoms with van der Waals surface area (Å²) < 4.78 is 45.1. The van der Waals surface area contributed by atoms with E-state index in [4.69, 9.17) is 0 Å². The first-order valence-corrected chi connectivity index (χ1v) is 6.85. The van der Waals surface area contributed by atoms with Crippen molar-refractivity contribution in [3.63, 3.8) is 0 Å².